The molecule has 3 rings (SSSR count). The van der Waals surface area contributed by atoms with Crippen molar-refractivity contribution >= 4 is 39.9 Å². The molecule has 0 aliphatic heterocycles. The molecule has 3 aromatic rings. The maximum Gasteiger partial charge on any atom is 0.319 e. The van der Waals surface area contributed by atoms with Crippen molar-refractivity contribution in [3.8, 4) is 0 Å². The van der Waals surface area contributed by atoms with Gasteiger partial charge >= 0.3 is 6.03 Å². The van der Waals surface area contributed by atoms with Crippen molar-refractivity contribution in [1.82, 2.24) is 14.9 Å². The van der Waals surface area contributed by atoms with Crippen LogP contribution in [0.25, 0.3) is 10.9 Å². The van der Waals surface area contributed by atoms with E-state index in [-0.39, 0.29) is 11.2 Å². The van der Waals surface area contributed by atoms with Gasteiger partial charge in [-0.25, -0.2) is 9.78 Å². The van der Waals surface area contributed by atoms with Gasteiger partial charge in [0.15, 0.2) is 0 Å². The van der Waals surface area contributed by atoms with Gasteiger partial charge < -0.3 is 10.6 Å². The highest BCUT2D eigenvalue weighted by Crippen LogP contribution is 2.18. The molecule has 0 bridgehead atoms. The fraction of sp³-hybridized carbons (Fsp3) is 0.167. The Balaban J connectivity index is 1.79. The highest BCUT2D eigenvalue weighted by Gasteiger charge is 2.17. The first-order valence-electron chi connectivity index (χ1n) is 8.24. The van der Waals surface area contributed by atoms with E-state index in [2.05, 4.69) is 15.6 Å². The maximum atomic E-state index is 12.5. The summed E-state index contributed by atoms with van der Waals surface area (Å²) < 4.78 is 1.37. The Morgan fingerprint density at radius 2 is 1.93 bits per heavy atom. The van der Waals surface area contributed by atoms with Crippen molar-refractivity contribution in [2.24, 2.45) is 7.05 Å². The highest BCUT2D eigenvalue weighted by molar-refractivity contribution is 6.31. The number of nitrogens with zero attached hydrogens (tertiary/aromatic N) is 3. The van der Waals surface area contributed by atoms with Crippen LogP contribution in [0.15, 0.2) is 47.3 Å². The number of rotatable bonds is 4. The fourth-order valence-corrected chi connectivity index (χ4v) is 2.91. The number of amides is 2. The first kappa shape index (κ1) is 19.3. The van der Waals surface area contributed by atoms with Crippen molar-refractivity contribution in [2.45, 2.75) is 13.0 Å². The molecule has 2 aromatic carbocycles. The van der Waals surface area contributed by atoms with E-state index < -0.39 is 17.0 Å². The number of carbonyl (C=O) groups excluding carboxylic acids is 1. The van der Waals surface area contributed by atoms with E-state index in [9.17, 15) is 19.7 Å². The maximum absolute atomic E-state index is 12.5. The van der Waals surface area contributed by atoms with Crippen molar-refractivity contribution in [1.29, 1.82) is 0 Å². The summed E-state index contributed by atoms with van der Waals surface area (Å²) in [7, 11) is 1.57. The third kappa shape index (κ3) is 3.94. The average Bonchev–Trinajstić information content (AvgIpc) is 2.64. The zero-order valence-electron chi connectivity index (χ0n) is 15.0. The zero-order chi connectivity index (χ0) is 20.4. The molecule has 144 valence electrons. The minimum absolute atomic E-state index is 0.0756. The van der Waals surface area contributed by atoms with Gasteiger partial charge in [0.05, 0.1) is 21.9 Å². The van der Waals surface area contributed by atoms with Gasteiger partial charge in [-0.3, -0.25) is 19.5 Å². The standard InChI is InChI=1S/C18H16ClN5O4/c1-10(20-18(26)21-12-4-6-13(7-5-12)24(27)28)16-22-15-9-11(19)3-8-14(15)17(25)23(16)2/h3-10H,1-2H3,(H2,20,21,26). The van der Waals surface area contributed by atoms with Gasteiger partial charge in [0.25, 0.3) is 11.2 Å². The van der Waals surface area contributed by atoms with Crippen LogP contribution in [-0.4, -0.2) is 20.5 Å². The number of hydrogen-bond acceptors (Lipinski definition) is 5. The number of fused-ring (bicyclic) bond motifs is 1. The van der Waals surface area contributed by atoms with Crippen LogP contribution in [0.1, 0.15) is 18.8 Å². The number of benzene rings is 2. The summed E-state index contributed by atoms with van der Waals surface area (Å²) in [6.45, 7) is 1.69. The lowest BCUT2D eigenvalue weighted by Crippen LogP contribution is -2.35. The van der Waals surface area contributed by atoms with Crippen molar-refractivity contribution < 1.29 is 9.72 Å². The molecule has 1 heterocycles. The van der Waals surface area contributed by atoms with E-state index in [1.165, 1.54) is 28.8 Å². The largest absolute Gasteiger partial charge is 0.328 e. The molecule has 0 radical (unpaired) electrons. The fourth-order valence-electron chi connectivity index (χ4n) is 2.74. The van der Waals surface area contributed by atoms with Crippen LogP contribution in [0, 0.1) is 10.1 Å². The van der Waals surface area contributed by atoms with Gasteiger partial charge in [-0.05, 0) is 37.3 Å². The Labute approximate surface area is 164 Å². The molecule has 0 aliphatic carbocycles. The van der Waals surface area contributed by atoms with Crippen molar-refractivity contribution in [2.75, 3.05) is 5.32 Å². The molecule has 10 heteroatoms. The molecule has 0 saturated heterocycles. The number of carbonyl (C=O) groups is 1. The normalized spacial score (nSPS) is 11.8. The Kier molecular flexibility index (Phi) is 5.27. The summed E-state index contributed by atoms with van der Waals surface area (Å²) in [5, 5.41) is 16.8. The summed E-state index contributed by atoms with van der Waals surface area (Å²) in [5.41, 5.74) is 0.506. The first-order valence-corrected chi connectivity index (χ1v) is 8.62. The molecule has 2 amide bonds. The minimum atomic E-state index is -0.584. The number of urea groups is 1. The van der Waals surface area contributed by atoms with Gasteiger partial charge in [-0.2, -0.15) is 0 Å². The molecule has 0 spiro atoms. The van der Waals surface area contributed by atoms with Crippen LogP contribution in [0.4, 0.5) is 16.2 Å². The van der Waals surface area contributed by atoms with E-state index in [1.54, 1.807) is 32.2 Å². The molecule has 2 N–H and O–H groups in total. The molecular formula is C18H16ClN5O4. The molecule has 28 heavy (non-hydrogen) atoms. The minimum Gasteiger partial charge on any atom is -0.328 e. The smallest absolute Gasteiger partial charge is 0.319 e. The zero-order valence-corrected chi connectivity index (χ0v) is 15.7. The lowest BCUT2D eigenvalue weighted by Gasteiger charge is -2.17. The quantitative estimate of drug-likeness (QED) is 0.513. The summed E-state index contributed by atoms with van der Waals surface area (Å²) >= 11 is 5.98. The van der Waals surface area contributed by atoms with Gasteiger partial charge in [0.1, 0.15) is 5.82 Å². The van der Waals surface area contributed by atoms with Crippen LogP contribution >= 0.6 is 11.6 Å². The molecule has 1 aromatic heterocycles. The Morgan fingerprint density at radius 1 is 1.25 bits per heavy atom. The van der Waals surface area contributed by atoms with Gasteiger partial charge in [0, 0.05) is 29.9 Å². The van der Waals surface area contributed by atoms with Gasteiger partial charge in [-0.15, -0.1) is 0 Å². The molecule has 1 atom stereocenters. The van der Waals surface area contributed by atoms with E-state index in [1.807, 2.05) is 0 Å². The third-order valence-electron chi connectivity index (χ3n) is 4.14. The van der Waals surface area contributed by atoms with Gasteiger partial charge in [0.2, 0.25) is 0 Å². The first-order chi connectivity index (χ1) is 13.3. The summed E-state index contributed by atoms with van der Waals surface area (Å²) in [6, 6.07) is 9.12. The van der Waals surface area contributed by atoms with Crippen LogP contribution in [0.2, 0.25) is 5.02 Å². The second kappa shape index (κ2) is 7.65. The van der Waals surface area contributed by atoms with E-state index >= 15 is 0 Å². The van der Waals surface area contributed by atoms with Gasteiger partial charge in [-0.1, -0.05) is 11.6 Å². The number of nitro groups is 1. The number of anilines is 1. The monoisotopic (exact) mass is 401 g/mol. The Morgan fingerprint density at radius 3 is 2.57 bits per heavy atom. The average molecular weight is 402 g/mol. The lowest BCUT2D eigenvalue weighted by atomic mass is 10.2. The van der Waals surface area contributed by atoms with E-state index in [0.717, 1.165) is 0 Å². The Hall–Kier alpha value is -3.46. The molecule has 0 aliphatic rings. The number of non-ortho nitro benzene ring substituents is 1. The predicted octanol–water partition coefficient (Wildman–Crippen LogP) is 3.38. The van der Waals surface area contributed by atoms with Crippen LogP contribution in [0.3, 0.4) is 0 Å². The number of halogens is 1. The topological polar surface area (TPSA) is 119 Å². The molecule has 0 fully saturated rings. The van der Waals surface area contributed by atoms with Crippen LogP contribution in [0.5, 0.6) is 0 Å². The third-order valence-corrected chi connectivity index (χ3v) is 4.38. The Bertz CT molecular complexity index is 1130. The number of hydrogen-bond donors (Lipinski definition) is 2. The highest BCUT2D eigenvalue weighted by atomic mass is 35.5. The van der Waals surface area contributed by atoms with Crippen molar-refractivity contribution in [3.63, 3.8) is 0 Å². The summed E-state index contributed by atoms with van der Waals surface area (Å²) in [5.74, 6) is 0.360. The summed E-state index contributed by atoms with van der Waals surface area (Å²) in [6.07, 6.45) is 0. The molecule has 0 saturated carbocycles. The molecule has 1 unspecified atom stereocenters. The van der Waals surface area contributed by atoms with Crippen molar-refractivity contribution in [3.05, 3.63) is 73.8 Å². The van der Waals surface area contributed by atoms with E-state index in [0.29, 0.717) is 27.4 Å². The molecule has 9 nitrogen and oxygen atoms in total. The second-order valence-electron chi connectivity index (χ2n) is 6.12. The number of aromatic nitrogens is 2. The number of nitro benzene ring substituents is 1. The lowest BCUT2D eigenvalue weighted by molar-refractivity contribution is -0.384. The second-order valence-corrected chi connectivity index (χ2v) is 6.56. The summed E-state index contributed by atoms with van der Waals surface area (Å²) in [4.78, 5) is 39.4. The van der Waals surface area contributed by atoms with E-state index in [4.69, 9.17) is 11.6 Å². The SMILES string of the molecule is CC(NC(=O)Nc1ccc([N+](=O)[O-])cc1)c1nc2cc(Cl)ccc2c(=O)n1C. The van der Waals surface area contributed by atoms with Crippen LogP contribution in [-0.2, 0) is 7.05 Å². The predicted molar refractivity (Wildman–Crippen MR) is 106 cm³/mol. The van der Waals surface area contributed by atoms with Crippen LogP contribution < -0.4 is 16.2 Å². The number of nitrogens with one attached hydrogen (secondary N) is 2. The molecular weight excluding hydrogens is 386 g/mol.